The predicted octanol–water partition coefficient (Wildman–Crippen LogP) is 1.76. The van der Waals surface area contributed by atoms with E-state index in [1.54, 1.807) is 25.5 Å². The fraction of sp³-hybridized carbons (Fsp3) is 0.318. The highest BCUT2D eigenvalue weighted by Crippen LogP contribution is 2.19. The van der Waals surface area contributed by atoms with Gasteiger partial charge in [0.25, 0.3) is 5.91 Å². The maximum atomic E-state index is 12.3. The number of hydrogen-bond donors (Lipinski definition) is 2. The van der Waals surface area contributed by atoms with Gasteiger partial charge in [-0.2, -0.15) is 0 Å². The van der Waals surface area contributed by atoms with Gasteiger partial charge in [-0.25, -0.2) is 0 Å². The van der Waals surface area contributed by atoms with Crippen LogP contribution in [0.25, 0.3) is 0 Å². The quantitative estimate of drug-likeness (QED) is 0.637. The molecule has 0 saturated carbocycles. The molecule has 3 aromatic rings. The Bertz CT molecular complexity index is 883. The second-order valence-electron chi connectivity index (χ2n) is 7.10. The summed E-state index contributed by atoms with van der Waals surface area (Å²) in [5, 5.41) is 2.99. The number of rotatable bonds is 7. The van der Waals surface area contributed by atoms with E-state index in [1.807, 2.05) is 24.3 Å². The molecule has 1 aliphatic heterocycles. The lowest BCUT2D eigenvalue weighted by atomic mass is 10.1. The van der Waals surface area contributed by atoms with Crippen LogP contribution in [-0.2, 0) is 0 Å². The van der Waals surface area contributed by atoms with Crippen LogP contribution in [0.15, 0.2) is 69.9 Å². The van der Waals surface area contributed by atoms with E-state index in [-0.39, 0.29) is 11.9 Å². The van der Waals surface area contributed by atoms with Crippen LogP contribution < -0.4 is 19.9 Å². The number of quaternary nitrogens is 1. The molecule has 0 spiro atoms. The van der Waals surface area contributed by atoms with E-state index in [0.29, 0.717) is 12.3 Å². The Balaban J connectivity index is 1.39. The van der Waals surface area contributed by atoms with E-state index >= 15 is 0 Å². The summed E-state index contributed by atoms with van der Waals surface area (Å²) < 4.78 is 16.1. The topological polar surface area (TPSA) is 72.3 Å². The number of furan rings is 2. The number of piperazine rings is 1. The number of methoxy groups -OCH3 is 1. The summed E-state index contributed by atoms with van der Waals surface area (Å²) in [5.74, 6) is 1.87. The predicted molar refractivity (Wildman–Crippen MR) is 108 cm³/mol. The van der Waals surface area contributed by atoms with Gasteiger partial charge in [-0.05, 0) is 48.5 Å². The Hall–Kier alpha value is -3.19. The molecule has 4 rings (SSSR count). The number of carbonyl (C=O) groups is 1. The van der Waals surface area contributed by atoms with Crippen molar-refractivity contribution in [2.24, 2.45) is 0 Å². The zero-order valence-electron chi connectivity index (χ0n) is 16.5. The highest BCUT2D eigenvalue weighted by atomic mass is 16.5. The minimum Gasteiger partial charge on any atom is -0.497 e. The molecule has 0 bridgehead atoms. The number of anilines is 1. The van der Waals surface area contributed by atoms with Gasteiger partial charge >= 0.3 is 0 Å². The van der Waals surface area contributed by atoms with Crippen molar-refractivity contribution < 1.29 is 23.3 Å². The minimum atomic E-state index is -0.206. The largest absolute Gasteiger partial charge is 0.497 e. The van der Waals surface area contributed by atoms with E-state index in [1.165, 1.54) is 16.9 Å². The van der Waals surface area contributed by atoms with E-state index in [4.69, 9.17) is 13.6 Å². The smallest absolute Gasteiger partial charge is 0.287 e. The minimum absolute atomic E-state index is 0.0573. The summed E-state index contributed by atoms with van der Waals surface area (Å²) in [6, 6.07) is 15.5. The molecular formula is C22H26N3O4+. The molecule has 0 radical (unpaired) electrons. The van der Waals surface area contributed by atoms with Gasteiger partial charge in [0.2, 0.25) is 0 Å². The Kier molecular flexibility index (Phi) is 5.86. The number of carbonyl (C=O) groups excluding carboxylic acids is 1. The summed E-state index contributed by atoms with van der Waals surface area (Å²) in [6.07, 6.45) is 3.19. The third kappa shape index (κ3) is 4.46. The van der Waals surface area contributed by atoms with Crippen LogP contribution in [0.2, 0.25) is 0 Å². The first-order chi connectivity index (χ1) is 14.2. The molecule has 1 aliphatic rings. The summed E-state index contributed by atoms with van der Waals surface area (Å²) >= 11 is 0. The first kappa shape index (κ1) is 19.1. The molecule has 3 heterocycles. The van der Waals surface area contributed by atoms with Crippen molar-refractivity contribution in [3.05, 3.63) is 72.6 Å². The summed E-state index contributed by atoms with van der Waals surface area (Å²) in [4.78, 5) is 16.1. The zero-order valence-corrected chi connectivity index (χ0v) is 16.5. The molecule has 29 heavy (non-hydrogen) atoms. The summed E-state index contributed by atoms with van der Waals surface area (Å²) in [7, 11) is 1.68. The second-order valence-corrected chi connectivity index (χ2v) is 7.10. The van der Waals surface area contributed by atoms with Crippen molar-refractivity contribution in [1.82, 2.24) is 5.32 Å². The van der Waals surface area contributed by atoms with E-state index < -0.39 is 0 Å². The Morgan fingerprint density at radius 3 is 2.45 bits per heavy atom. The molecule has 1 aromatic carbocycles. The lowest BCUT2D eigenvalue weighted by Crippen LogP contribution is -3.15. The lowest BCUT2D eigenvalue weighted by Gasteiger charge is -2.37. The highest BCUT2D eigenvalue weighted by molar-refractivity contribution is 5.91. The molecule has 7 heteroatoms. The van der Waals surface area contributed by atoms with Crippen LogP contribution in [0.5, 0.6) is 5.75 Å². The average molecular weight is 396 g/mol. The SMILES string of the molecule is COc1ccc(N2CC[NH+]([C@@H](CNC(=O)c3ccco3)c3ccco3)CC2)cc1. The molecule has 0 unspecified atom stereocenters. The third-order valence-corrected chi connectivity index (χ3v) is 5.43. The fourth-order valence-electron chi connectivity index (χ4n) is 3.82. The molecule has 1 amide bonds. The van der Waals surface area contributed by atoms with Crippen molar-refractivity contribution >= 4 is 11.6 Å². The lowest BCUT2D eigenvalue weighted by molar-refractivity contribution is -0.932. The molecule has 1 saturated heterocycles. The second kappa shape index (κ2) is 8.87. The van der Waals surface area contributed by atoms with E-state index in [9.17, 15) is 4.79 Å². The van der Waals surface area contributed by atoms with E-state index in [0.717, 1.165) is 37.7 Å². The van der Waals surface area contributed by atoms with Gasteiger partial charge in [0.1, 0.15) is 5.75 Å². The molecule has 2 aromatic heterocycles. The van der Waals surface area contributed by atoms with Crippen molar-refractivity contribution in [3.63, 3.8) is 0 Å². The standard InChI is InChI=1S/C22H25N3O4/c1-27-18-8-6-17(7-9-18)24-10-12-25(13-11-24)19(20-4-2-14-28-20)16-23-22(26)21-5-3-15-29-21/h2-9,14-15,19H,10-13,16H2,1H3,(H,23,26)/p+1/t19-/m0/s1. The number of amides is 1. The highest BCUT2D eigenvalue weighted by Gasteiger charge is 2.31. The molecule has 0 aliphatic carbocycles. The number of nitrogens with zero attached hydrogens (tertiary/aromatic N) is 1. The molecule has 2 N–H and O–H groups in total. The Morgan fingerprint density at radius 1 is 1.10 bits per heavy atom. The fourth-order valence-corrected chi connectivity index (χ4v) is 3.82. The number of hydrogen-bond acceptors (Lipinski definition) is 5. The van der Waals surface area contributed by atoms with Crippen molar-refractivity contribution in [1.29, 1.82) is 0 Å². The normalized spacial score (nSPS) is 15.8. The van der Waals surface area contributed by atoms with Crippen molar-refractivity contribution in [2.75, 3.05) is 44.7 Å². The molecule has 1 atom stereocenters. The van der Waals surface area contributed by atoms with Gasteiger partial charge in [-0.15, -0.1) is 0 Å². The zero-order chi connectivity index (χ0) is 20.1. The molecule has 1 fully saturated rings. The number of ether oxygens (including phenoxy) is 1. The van der Waals surface area contributed by atoms with E-state index in [2.05, 4.69) is 22.3 Å². The van der Waals surface area contributed by atoms with Crippen molar-refractivity contribution in [2.45, 2.75) is 6.04 Å². The van der Waals surface area contributed by atoms with Gasteiger partial charge in [0, 0.05) is 5.69 Å². The van der Waals surface area contributed by atoms with Crippen LogP contribution in [0.3, 0.4) is 0 Å². The van der Waals surface area contributed by atoms with Crippen LogP contribution in [0.4, 0.5) is 5.69 Å². The molecule has 7 nitrogen and oxygen atoms in total. The first-order valence-corrected chi connectivity index (χ1v) is 9.83. The van der Waals surface area contributed by atoms with Crippen molar-refractivity contribution in [3.8, 4) is 5.75 Å². The molecular weight excluding hydrogens is 370 g/mol. The van der Waals surface area contributed by atoms with Crippen LogP contribution in [0.1, 0.15) is 22.4 Å². The van der Waals surface area contributed by atoms with Gasteiger partial charge in [0.05, 0.1) is 52.4 Å². The van der Waals surface area contributed by atoms with Gasteiger partial charge in [-0.1, -0.05) is 0 Å². The Labute approximate surface area is 169 Å². The summed E-state index contributed by atoms with van der Waals surface area (Å²) in [5.41, 5.74) is 1.20. The maximum Gasteiger partial charge on any atom is 0.287 e. The van der Waals surface area contributed by atoms with Gasteiger partial charge in [-0.3, -0.25) is 4.79 Å². The van der Waals surface area contributed by atoms with Crippen LogP contribution in [0, 0.1) is 0 Å². The number of nitrogens with one attached hydrogen (secondary N) is 2. The van der Waals surface area contributed by atoms with Gasteiger partial charge < -0.3 is 28.7 Å². The number of benzene rings is 1. The van der Waals surface area contributed by atoms with Crippen LogP contribution >= 0.6 is 0 Å². The Morgan fingerprint density at radius 2 is 1.83 bits per heavy atom. The van der Waals surface area contributed by atoms with Crippen LogP contribution in [-0.4, -0.2) is 45.7 Å². The molecule has 152 valence electrons. The third-order valence-electron chi connectivity index (χ3n) is 5.43. The van der Waals surface area contributed by atoms with Gasteiger partial charge in [0.15, 0.2) is 17.6 Å². The monoisotopic (exact) mass is 396 g/mol. The maximum absolute atomic E-state index is 12.3. The summed E-state index contributed by atoms with van der Waals surface area (Å²) in [6.45, 7) is 4.27. The average Bonchev–Trinajstić information content (AvgIpc) is 3.49. The first-order valence-electron chi connectivity index (χ1n) is 9.83.